The molecular weight excluding hydrogens is 336 g/mol. The van der Waals surface area contributed by atoms with Gasteiger partial charge in [-0.05, 0) is 45.8 Å². The van der Waals surface area contributed by atoms with Crippen LogP contribution in [-0.2, 0) is 0 Å². The smallest absolute Gasteiger partial charge is 0.151 e. The highest BCUT2D eigenvalue weighted by atomic mass is 35.5. The third-order valence-corrected chi connectivity index (χ3v) is 5.48. The van der Waals surface area contributed by atoms with Crippen molar-refractivity contribution >= 4 is 51.2 Å². The summed E-state index contributed by atoms with van der Waals surface area (Å²) in [5, 5.41) is 4.90. The Morgan fingerprint density at radius 1 is 0.708 bits per heavy atom. The van der Waals surface area contributed by atoms with E-state index in [0.717, 1.165) is 48.2 Å². The van der Waals surface area contributed by atoms with Crippen molar-refractivity contribution in [3.8, 4) is 0 Å². The molecule has 0 saturated heterocycles. The van der Waals surface area contributed by atoms with Gasteiger partial charge in [-0.1, -0.05) is 71.9 Å². The van der Waals surface area contributed by atoms with E-state index < -0.39 is 0 Å². The Hall–Kier alpha value is -2.29. The first-order valence-corrected chi connectivity index (χ1v) is 8.79. The SMILES string of the molecule is O=Cc1c2ccccc2c(Sc2ccc(Cl)cc2)c2ccccc12. The van der Waals surface area contributed by atoms with Crippen molar-refractivity contribution in [1.82, 2.24) is 0 Å². The molecule has 0 aliphatic heterocycles. The lowest BCUT2D eigenvalue weighted by molar-refractivity contribution is 0.112. The summed E-state index contributed by atoms with van der Waals surface area (Å²) >= 11 is 7.70. The fraction of sp³-hybridized carbons (Fsp3) is 0. The minimum Gasteiger partial charge on any atom is -0.298 e. The van der Waals surface area contributed by atoms with Gasteiger partial charge >= 0.3 is 0 Å². The average Bonchev–Trinajstić information content (AvgIpc) is 2.63. The lowest BCUT2D eigenvalue weighted by atomic mass is 9.97. The summed E-state index contributed by atoms with van der Waals surface area (Å²) in [6, 6.07) is 24.0. The fourth-order valence-corrected chi connectivity index (χ4v) is 4.19. The molecule has 116 valence electrons. The molecule has 0 aromatic heterocycles. The largest absolute Gasteiger partial charge is 0.298 e. The molecule has 0 atom stereocenters. The van der Waals surface area contributed by atoms with Crippen molar-refractivity contribution in [3.05, 3.63) is 83.4 Å². The van der Waals surface area contributed by atoms with Gasteiger partial charge in [-0.3, -0.25) is 4.79 Å². The molecule has 0 unspecified atom stereocenters. The maximum Gasteiger partial charge on any atom is 0.151 e. The number of carbonyl (C=O) groups is 1. The predicted molar refractivity (Wildman–Crippen MR) is 102 cm³/mol. The van der Waals surface area contributed by atoms with Gasteiger partial charge < -0.3 is 0 Å². The van der Waals surface area contributed by atoms with Crippen LogP contribution in [0.3, 0.4) is 0 Å². The van der Waals surface area contributed by atoms with E-state index in [9.17, 15) is 4.79 Å². The second kappa shape index (κ2) is 6.31. The van der Waals surface area contributed by atoms with Crippen molar-refractivity contribution in [1.29, 1.82) is 0 Å². The highest BCUT2D eigenvalue weighted by Crippen LogP contribution is 2.41. The van der Waals surface area contributed by atoms with Gasteiger partial charge in [0, 0.05) is 20.4 Å². The first kappa shape index (κ1) is 15.3. The third kappa shape index (κ3) is 2.58. The maximum absolute atomic E-state index is 11.7. The van der Waals surface area contributed by atoms with Gasteiger partial charge in [0.25, 0.3) is 0 Å². The molecule has 0 heterocycles. The molecule has 0 N–H and O–H groups in total. The Bertz CT molecular complexity index is 998. The summed E-state index contributed by atoms with van der Waals surface area (Å²) in [5.41, 5.74) is 0.752. The molecule has 4 rings (SSSR count). The van der Waals surface area contributed by atoms with E-state index in [1.165, 1.54) is 0 Å². The van der Waals surface area contributed by atoms with Crippen LogP contribution in [0.15, 0.2) is 82.6 Å². The van der Waals surface area contributed by atoms with Crippen LogP contribution in [0.25, 0.3) is 21.5 Å². The number of halogens is 1. The van der Waals surface area contributed by atoms with Gasteiger partial charge in [0.2, 0.25) is 0 Å². The topological polar surface area (TPSA) is 17.1 Å². The van der Waals surface area contributed by atoms with Crippen LogP contribution < -0.4 is 0 Å². The summed E-state index contributed by atoms with van der Waals surface area (Å²) in [4.78, 5) is 14.0. The van der Waals surface area contributed by atoms with Gasteiger partial charge in [-0.2, -0.15) is 0 Å². The number of hydrogen-bond acceptors (Lipinski definition) is 2. The molecule has 0 amide bonds. The van der Waals surface area contributed by atoms with E-state index in [-0.39, 0.29) is 0 Å². The number of fused-ring (bicyclic) bond motifs is 2. The zero-order valence-electron chi connectivity index (χ0n) is 12.7. The van der Waals surface area contributed by atoms with Crippen LogP contribution in [0.4, 0.5) is 0 Å². The first-order chi connectivity index (χ1) is 11.8. The van der Waals surface area contributed by atoms with Crippen LogP contribution in [-0.4, -0.2) is 6.29 Å². The van der Waals surface area contributed by atoms with Crippen molar-refractivity contribution in [2.75, 3.05) is 0 Å². The van der Waals surface area contributed by atoms with Crippen molar-refractivity contribution in [2.24, 2.45) is 0 Å². The average molecular weight is 349 g/mol. The lowest BCUT2D eigenvalue weighted by Crippen LogP contribution is -1.90. The Morgan fingerprint density at radius 3 is 1.71 bits per heavy atom. The molecular formula is C21H13ClOS. The molecule has 0 radical (unpaired) electrons. The highest BCUT2D eigenvalue weighted by Gasteiger charge is 2.13. The molecule has 24 heavy (non-hydrogen) atoms. The molecule has 0 aliphatic carbocycles. The van der Waals surface area contributed by atoms with E-state index in [2.05, 4.69) is 12.1 Å². The van der Waals surface area contributed by atoms with Crippen LogP contribution in [0.2, 0.25) is 5.02 Å². The van der Waals surface area contributed by atoms with Gasteiger partial charge in [-0.15, -0.1) is 0 Å². The van der Waals surface area contributed by atoms with Gasteiger partial charge in [0.15, 0.2) is 6.29 Å². The van der Waals surface area contributed by atoms with E-state index in [1.807, 2.05) is 60.7 Å². The van der Waals surface area contributed by atoms with Gasteiger partial charge in [0.1, 0.15) is 0 Å². The first-order valence-electron chi connectivity index (χ1n) is 7.60. The summed E-state index contributed by atoms with van der Waals surface area (Å²) in [7, 11) is 0. The maximum atomic E-state index is 11.7. The van der Waals surface area contributed by atoms with E-state index in [1.54, 1.807) is 11.8 Å². The zero-order chi connectivity index (χ0) is 16.5. The van der Waals surface area contributed by atoms with E-state index in [0.29, 0.717) is 0 Å². The number of carbonyl (C=O) groups excluding carboxylic acids is 1. The number of aldehydes is 1. The van der Waals surface area contributed by atoms with Crippen molar-refractivity contribution in [2.45, 2.75) is 9.79 Å². The molecule has 3 heteroatoms. The molecule has 0 fully saturated rings. The summed E-state index contributed by atoms with van der Waals surface area (Å²) in [5.74, 6) is 0. The second-order valence-electron chi connectivity index (χ2n) is 5.51. The highest BCUT2D eigenvalue weighted by molar-refractivity contribution is 7.99. The van der Waals surface area contributed by atoms with Crippen LogP contribution in [0.5, 0.6) is 0 Å². The van der Waals surface area contributed by atoms with E-state index >= 15 is 0 Å². The Labute approximate surface area is 149 Å². The Balaban J connectivity index is 2.05. The Kier molecular flexibility index (Phi) is 4.01. The Morgan fingerprint density at radius 2 is 1.21 bits per heavy atom. The zero-order valence-corrected chi connectivity index (χ0v) is 14.3. The molecule has 4 aromatic rings. The molecule has 0 saturated carbocycles. The number of benzene rings is 4. The van der Waals surface area contributed by atoms with E-state index in [4.69, 9.17) is 11.6 Å². The molecule has 4 aromatic carbocycles. The lowest BCUT2D eigenvalue weighted by Gasteiger charge is -2.13. The van der Waals surface area contributed by atoms with Gasteiger partial charge in [0.05, 0.1) is 0 Å². The molecule has 0 spiro atoms. The number of rotatable bonds is 3. The second-order valence-corrected chi connectivity index (χ2v) is 7.03. The third-order valence-electron chi connectivity index (χ3n) is 4.08. The molecule has 1 nitrogen and oxygen atoms in total. The quantitative estimate of drug-likeness (QED) is 0.306. The fourth-order valence-electron chi connectivity index (χ4n) is 2.98. The standard InChI is InChI=1S/C21H13ClOS/c22-14-9-11-15(12-10-14)24-21-18-7-3-1-5-16(18)20(13-23)17-6-2-4-8-19(17)21/h1-13H. The van der Waals surface area contributed by atoms with Crippen molar-refractivity contribution < 1.29 is 4.79 Å². The summed E-state index contributed by atoms with van der Waals surface area (Å²) < 4.78 is 0. The minimum atomic E-state index is 0.727. The van der Waals surface area contributed by atoms with Crippen LogP contribution in [0, 0.1) is 0 Å². The minimum absolute atomic E-state index is 0.727. The van der Waals surface area contributed by atoms with Crippen molar-refractivity contribution in [3.63, 3.8) is 0 Å². The number of hydrogen-bond donors (Lipinski definition) is 0. The monoisotopic (exact) mass is 348 g/mol. The summed E-state index contributed by atoms with van der Waals surface area (Å²) in [6.07, 6.45) is 0.960. The summed E-state index contributed by atoms with van der Waals surface area (Å²) in [6.45, 7) is 0. The normalized spacial score (nSPS) is 11.0. The van der Waals surface area contributed by atoms with Crippen LogP contribution in [0.1, 0.15) is 10.4 Å². The molecule has 0 bridgehead atoms. The van der Waals surface area contributed by atoms with Crippen LogP contribution >= 0.6 is 23.4 Å². The van der Waals surface area contributed by atoms with Gasteiger partial charge in [-0.25, -0.2) is 0 Å². The molecule has 0 aliphatic rings. The predicted octanol–water partition coefficient (Wildman–Crippen LogP) is 6.61.